The highest BCUT2D eigenvalue weighted by atomic mass is 16.5. The molecule has 0 aromatic heterocycles. The maximum atomic E-state index is 9.11. The fourth-order valence-corrected chi connectivity index (χ4v) is 1.07. The molecule has 4 atom stereocenters. The summed E-state index contributed by atoms with van der Waals surface area (Å²) in [4.78, 5) is 0. The van der Waals surface area contributed by atoms with Crippen molar-refractivity contribution in [1.82, 2.24) is 0 Å². The van der Waals surface area contributed by atoms with Crippen LogP contribution in [0.4, 0.5) is 0 Å². The molecular formula is C6H12O5. The first-order valence-electron chi connectivity index (χ1n) is 3.43. The third kappa shape index (κ3) is 1.69. The van der Waals surface area contributed by atoms with Crippen molar-refractivity contribution >= 4 is 0 Å². The molecule has 0 radical (unpaired) electrons. The normalized spacial score (nSPS) is 40.9. The summed E-state index contributed by atoms with van der Waals surface area (Å²) in [5.41, 5.74) is 0. The molecule has 1 heterocycles. The first-order valence-corrected chi connectivity index (χ1v) is 3.43. The highest BCUT2D eigenvalue weighted by molar-refractivity contribution is 4.87. The van der Waals surface area contributed by atoms with E-state index in [0.29, 0.717) is 0 Å². The number of hydrogen-bond donors (Lipinski definition) is 4. The van der Waals surface area contributed by atoms with Gasteiger partial charge < -0.3 is 25.2 Å². The van der Waals surface area contributed by atoms with Gasteiger partial charge in [-0.2, -0.15) is 0 Å². The van der Waals surface area contributed by atoms with Gasteiger partial charge >= 0.3 is 0 Å². The van der Waals surface area contributed by atoms with Crippen molar-refractivity contribution in [2.45, 2.75) is 24.4 Å². The Hall–Kier alpha value is -0.200. The Kier molecular flexibility index (Phi) is 2.80. The molecular weight excluding hydrogens is 152 g/mol. The number of ether oxygens (including phenoxy) is 1. The maximum Gasteiger partial charge on any atom is 0.114 e. The molecule has 0 unspecified atom stereocenters. The summed E-state index contributed by atoms with van der Waals surface area (Å²) in [5.74, 6) is 0. The fraction of sp³-hybridized carbons (Fsp3) is 1.00. The van der Waals surface area contributed by atoms with Crippen LogP contribution in [0.5, 0.6) is 0 Å². The van der Waals surface area contributed by atoms with Gasteiger partial charge in [0.1, 0.15) is 24.4 Å². The average molecular weight is 164 g/mol. The SMILES string of the molecule is OC[C@H](O)[C@@H]1OC[C@@H](O)[C@H]1O. The largest absolute Gasteiger partial charge is 0.394 e. The van der Waals surface area contributed by atoms with Gasteiger partial charge in [-0.1, -0.05) is 0 Å². The van der Waals surface area contributed by atoms with Gasteiger partial charge in [0, 0.05) is 0 Å². The predicted molar refractivity (Wildman–Crippen MR) is 34.8 cm³/mol. The van der Waals surface area contributed by atoms with Crippen LogP contribution < -0.4 is 0 Å². The van der Waals surface area contributed by atoms with Crippen molar-refractivity contribution < 1.29 is 25.2 Å². The van der Waals surface area contributed by atoms with E-state index in [4.69, 9.17) is 25.2 Å². The van der Waals surface area contributed by atoms with E-state index >= 15 is 0 Å². The molecule has 11 heavy (non-hydrogen) atoms. The van der Waals surface area contributed by atoms with Crippen LogP contribution in [-0.2, 0) is 4.74 Å². The van der Waals surface area contributed by atoms with Crippen LogP contribution in [-0.4, -0.2) is 58.1 Å². The van der Waals surface area contributed by atoms with E-state index in [0.717, 1.165) is 0 Å². The molecule has 1 aliphatic heterocycles. The van der Waals surface area contributed by atoms with E-state index in [-0.39, 0.29) is 6.61 Å². The zero-order valence-electron chi connectivity index (χ0n) is 5.92. The number of rotatable bonds is 2. The zero-order valence-corrected chi connectivity index (χ0v) is 5.92. The Morgan fingerprint density at radius 2 is 2.09 bits per heavy atom. The Bertz CT molecular complexity index is 128. The van der Waals surface area contributed by atoms with Crippen LogP contribution in [0.15, 0.2) is 0 Å². The van der Waals surface area contributed by atoms with Gasteiger partial charge in [0.05, 0.1) is 13.2 Å². The van der Waals surface area contributed by atoms with Crippen LogP contribution >= 0.6 is 0 Å². The van der Waals surface area contributed by atoms with E-state index in [2.05, 4.69) is 0 Å². The standard InChI is InChI=1S/C6H12O5/c7-1-3(8)6-5(10)4(9)2-11-6/h3-10H,1-2H2/t3-,4+,5+,6-/m0/s1. The summed E-state index contributed by atoms with van der Waals surface area (Å²) in [6, 6.07) is 0. The van der Waals surface area contributed by atoms with Crippen molar-refractivity contribution in [2.24, 2.45) is 0 Å². The number of hydrogen-bond acceptors (Lipinski definition) is 5. The monoisotopic (exact) mass is 164 g/mol. The minimum absolute atomic E-state index is 0.00287. The van der Waals surface area contributed by atoms with Crippen molar-refractivity contribution in [1.29, 1.82) is 0 Å². The van der Waals surface area contributed by atoms with Gasteiger partial charge in [-0.05, 0) is 0 Å². The minimum Gasteiger partial charge on any atom is -0.394 e. The Balaban J connectivity index is 2.47. The van der Waals surface area contributed by atoms with Crippen LogP contribution in [0.2, 0.25) is 0 Å². The second-order valence-corrected chi connectivity index (χ2v) is 2.61. The molecule has 0 amide bonds. The average Bonchev–Trinajstić information content (AvgIpc) is 2.32. The molecule has 0 saturated carbocycles. The quantitative estimate of drug-likeness (QED) is 0.361. The molecule has 1 fully saturated rings. The van der Waals surface area contributed by atoms with Crippen LogP contribution in [0.1, 0.15) is 0 Å². The molecule has 66 valence electrons. The highest BCUT2D eigenvalue weighted by Crippen LogP contribution is 2.16. The fourth-order valence-electron chi connectivity index (χ4n) is 1.07. The molecule has 1 rings (SSSR count). The van der Waals surface area contributed by atoms with Gasteiger partial charge in [0.15, 0.2) is 0 Å². The van der Waals surface area contributed by atoms with Gasteiger partial charge in [-0.15, -0.1) is 0 Å². The summed E-state index contributed by atoms with van der Waals surface area (Å²) in [6.45, 7) is -0.475. The topological polar surface area (TPSA) is 90.2 Å². The van der Waals surface area contributed by atoms with Crippen LogP contribution in [0, 0.1) is 0 Å². The lowest BCUT2D eigenvalue weighted by Crippen LogP contribution is -2.40. The Morgan fingerprint density at radius 3 is 2.45 bits per heavy atom. The van der Waals surface area contributed by atoms with E-state index < -0.39 is 31.0 Å². The molecule has 0 aromatic rings. The third-order valence-electron chi connectivity index (χ3n) is 1.76. The lowest BCUT2D eigenvalue weighted by atomic mass is 10.1. The smallest absolute Gasteiger partial charge is 0.114 e. The molecule has 5 nitrogen and oxygen atoms in total. The van der Waals surface area contributed by atoms with Crippen LogP contribution in [0.25, 0.3) is 0 Å². The first-order chi connectivity index (χ1) is 5.16. The summed E-state index contributed by atoms with van der Waals surface area (Å²) >= 11 is 0. The molecule has 4 N–H and O–H groups in total. The van der Waals surface area contributed by atoms with Crippen molar-refractivity contribution in [3.8, 4) is 0 Å². The predicted octanol–water partition coefficient (Wildman–Crippen LogP) is -2.54. The lowest BCUT2D eigenvalue weighted by Gasteiger charge is -2.18. The van der Waals surface area contributed by atoms with E-state index in [1.165, 1.54) is 0 Å². The molecule has 0 spiro atoms. The molecule has 5 heteroatoms. The second-order valence-electron chi connectivity index (χ2n) is 2.61. The van der Waals surface area contributed by atoms with Crippen molar-refractivity contribution in [2.75, 3.05) is 13.2 Å². The van der Waals surface area contributed by atoms with Gasteiger partial charge in [-0.25, -0.2) is 0 Å². The minimum atomic E-state index is -1.12. The Labute approximate surface area is 63.8 Å². The highest BCUT2D eigenvalue weighted by Gasteiger charge is 2.38. The third-order valence-corrected chi connectivity index (χ3v) is 1.76. The first kappa shape index (κ1) is 8.89. The lowest BCUT2D eigenvalue weighted by molar-refractivity contribution is -0.0684. The molecule has 0 aliphatic carbocycles. The van der Waals surface area contributed by atoms with Crippen molar-refractivity contribution in [3.05, 3.63) is 0 Å². The zero-order chi connectivity index (χ0) is 8.43. The van der Waals surface area contributed by atoms with Gasteiger partial charge in [0.2, 0.25) is 0 Å². The maximum absolute atomic E-state index is 9.11. The number of aliphatic hydroxyl groups is 4. The summed E-state index contributed by atoms with van der Waals surface area (Å²) in [6.07, 6.45) is -4.05. The molecule has 0 aromatic carbocycles. The second kappa shape index (κ2) is 3.46. The molecule has 1 saturated heterocycles. The van der Waals surface area contributed by atoms with Crippen LogP contribution in [0.3, 0.4) is 0 Å². The summed E-state index contributed by atoms with van der Waals surface area (Å²) in [7, 11) is 0. The summed E-state index contributed by atoms with van der Waals surface area (Å²) < 4.78 is 4.82. The van der Waals surface area contributed by atoms with E-state index in [1.807, 2.05) is 0 Å². The van der Waals surface area contributed by atoms with Crippen molar-refractivity contribution in [3.63, 3.8) is 0 Å². The summed E-state index contributed by atoms with van der Waals surface area (Å²) in [5, 5.41) is 35.5. The van der Waals surface area contributed by atoms with E-state index in [9.17, 15) is 0 Å². The molecule has 0 bridgehead atoms. The van der Waals surface area contributed by atoms with Gasteiger partial charge in [-0.3, -0.25) is 0 Å². The Morgan fingerprint density at radius 1 is 1.45 bits per heavy atom. The van der Waals surface area contributed by atoms with E-state index in [1.54, 1.807) is 0 Å². The molecule has 1 aliphatic rings. The number of aliphatic hydroxyl groups excluding tert-OH is 4. The van der Waals surface area contributed by atoms with Gasteiger partial charge in [0.25, 0.3) is 0 Å².